The summed E-state index contributed by atoms with van der Waals surface area (Å²) in [6.45, 7) is 1.94. The Balaban J connectivity index is 1.55. The van der Waals surface area contributed by atoms with Gasteiger partial charge in [-0.3, -0.25) is 0 Å². The summed E-state index contributed by atoms with van der Waals surface area (Å²) in [5.74, 6) is 1.43. The first-order valence-electron chi connectivity index (χ1n) is 7.25. The van der Waals surface area contributed by atoms with E-state index in [9.17, 15) is 4.39 Å². The van der Waals surface area contributed by atoms with E-state index in [1.54, 1.807) is 12.1 Å². The van der Waals surface area contributed by atoms with Crippen molar-refractivity contribution in [2.24, 2.45) is 0 Å². The Bertz CT molecular complexity index is 830. The average molecular weight is 332 g/mol. The van der Waals surface area contributed by atoms with Crippen LogP contribution in [-0.4, -0.2) is 30.3 Å². The molecule has 0 N–H and O–H groups in total. The number of aromatic nitrogens is 6. The fourth-order valence-electron chi connectivity index (χ4n) is 2.15. The lowest BCUT2D eigenvalue weighted by Crippen LogP contribution is -2.01. The summed E-state index contributed by atoms with van der Waals surface area (Å²) in [5.41, 5.74) is 0.564. The van der Waals surface area contributed by atoms with Crippen molar-refractivity contribution < 1.29 is 8.91 Å². The molecule has 9 heteroatoms. The van der Waals surface area contributed by atoms with Crippen LogP contribution in [0, 0.1) is 5.82 Å². The molecule has 7 nitrogen and oxygen atoms in total. The van der Waals surface area contributed by atoms with E-state index in [1.807, 2.05) is 6.92 Å². The Morgan fingerprint density at radius 2 is 2.26 bits per heavy atom. The van der Waals surface area contributed by atoms with E-state index in [2.05, 4.69) is 25.7 Å². The van der Waals surface area contributed by atoms with Gasteiger partial charge in [0.2, 0.25) is 11.0 Å². The predicted octanol–water partition coefficient (Wildman–Crippen LogP) is 2.92. The quantitative estimate of drug-likeness (QED) is 0.664. The highest BCUT2D eigenvalue weighted by atomic mass is 32.2. The van der Waals surface area contributed by atoms with Gasteiger partial charge in [0.15, 0.2) is 5.82 Å². The lowest BCUT2D eigenvalue weighted by molar-refractivity contribution is 0.374. The summed E-state index contributed by atoms with van der Waals surface area (Å²) >= 11 is 1.38. The predicted molar refractivity (Wildman–Crippen MR) is 79.7 cm³/mol. The minimum Gasteiger partial charge on any atom is -0.338 e. The molecule has 1 atom stereocenters. The Hall–Kier alpha value is -2.29. The number of benzene rings is 1. The molecule has 1 aliphatic rings. The van der Waals surface area contributed by atoms with Crippen molar-refractivity contribution in [2.45, 2.75) is 36.1 Å². The van der Waals surface area contributed by atoms with Gasteiger partial charge in [0, 0.05) is 5.92 Å². The Morgan fingerprint density at radius 1 is 1.39 bits per heavy atom. The molecular weight excluding hydrogens is 319 g/mol. The molecule has 1 aliphatic carbocycles. The molecule has 118 valence electrons. The standard InChI is InChI=1S/C14H13FN6OS/c1-8(13-16-12(18-22-13)9-5-6-9)23-14-17-19-20-21(14)11-4-2-3-10(15)7-11/h2-4,7-9H,5-6H2,1H3/t8-/m1/s1. The van der Waals surface area contributed by atoms with Crippen LogP contribution < -0.4 is 0 Å². The van der Waals surface area contributed by atoms with Crippen molar-refractivity contribution in [3.8, 4) is 5.69 Å². The maximum atomic E-state index is 13.4. The Morgan fingerprint density at radius 3 is 3.04 bits per heavy atom. The minimum absolute atomic E-state index is 0.103. The van der Waals surface area contributed by atoms with Crippen molar-refractivity contribution in [1.82, 2.24) is 30.3 Å². The fourth-order valence-corrected chi connectivity index (χ4v) is 2.99. The van der Waals surface area contributed by atoms with Gasteiger partial charge in [-0.2, -0.15) is 9.67 Å². The third kappa shape index (κ3) is 2.96. The molecule has 0 saturated heterocycles. The summed E-state index contributed by atoms with van der Waals surface area (Å²) in [6, 6.07) is 6.11. The van der Waals surface area contributed by atoms with Crippen LogP contribution in [-0.2, 0) is 0 Å². The first kappa shape index (κ1) is 14.3. The van der Waals surface area contributed by atoms with E-state index in [0.29, 0.717) is 22.7 Å². The molecule has 3 aromatic rings. The van der Waals surface area contributed by atoms with Crippen molar-refractivity contribution in [1.29, 1.82) is 0 Å². The maximum absolute atomic E-state index is 13.4. The summed E-state index contributed by atoms with van der Waals surface area (Å²) in [4.78, 5) is 4.43. The van der Waals surface area contributed by atoms with Gasteiger partial charge in [0.25, 0.3) is 0 Å². The van der Waals surface area contributed by atoms with Gasteiger partial charge in [0.1, 0.15) is 5.82 Å². The van der Waals surface area contributed by atoms with Crippen LogP contribution in [0.4, 0.5) is 4.39 Å². The molecule has 1 aromatic carbocycles. The molecule has 0 radical (unpaired) electrons. The molecule has 0 unspecified atom stereocenters. The zero-order valence-electron chi connectivity index (χ0n) is 12.3. The van der Waals surface area contributed by atoms with E-state index in [-0.39, 0.29) is 11.1 Å². The summed E-state index contributed by atoms with van der Waals surface area (Å²) in [6.07, 6.45) is 2.25. The summed E-state index contributed by atoms with van der Waals surface area (Å²) in [7, 11) is 0. The lowest BCUT2D eigenvalue weighted by Gasteiger charge is -2.07. The van der Waals surface area contributed by atoms with E-state index in [4.69, 9.17) is 4.52 Å². The molecule has 0 spiro atoms. The lowest BCUT2D eigenvalue weighted by atomic mass is 10.3. The van der Waals surface area contributed by atoms with Crippen molar-refractivity contribution in [2.75, 3.05) is 0 Å². The largest absolute Gasteiger partial charge is 0.338 e. The molecule has 4 rings (SSSR count). The monoisotopic (exact) mass is 332 g/mol. The highest BCUT2D eigenvalue weighted by molar-refractivity contribution is 7.99. The number of tetrazole rings is 1. The van der Waals surface area contributed by atoms with Crippen LogP contribution in [0.15, 0.2) is 33.9 Å². The molecule has 1 saturated carbocycles. The van der Waals surface area contributed by atoms with Gasteiger partial charge in [-0.05, 0) is 48.4 Å². The van der Waals surface area contributed by atoms with E-state index >= 15 is 0 Å². The minimum atomic E-state index is -0.340. The molecular formula is C14H13FN6OS. The summed E-state index contributed by atoms with van der Waals surface area (Å²) < 4.78 is 20.2. The number of halogens is 1. The van der Waals surface area contributed by atoms with Crippen molar-refractivity contribution in [3.63, 3.8) is 0 Å². The number of hydrogen-bond donors (Lipinski definition) is 0. The van der Waals surface area contributed by atoms with Crippen LogP contribution >= 0.6 is 11.8 Å². The van der Waals surface area contributed by atoms with E-state index < -0.39 is 0 Å². The third-order valence-corrected chi connectivity index (χ3v) is 4.54. The van der Waals surface area contributed by atoms with Gasteiger partial charge >= 0.3 is 0 Å². The zero-order valence-corrected chi connectivity index (χ0v) is 13.1. The number of hydrogen-bond acceptors (Lipinski definition) is 7. The summed E-state index contributed by atoms with van der Waals surface area (Å²) in [5, 5.41) is 16.0. The Labute approximate surface area is 135 Å². The molecule has 0 bridgehead atoms. The van der Waals surface area contributed by atoms with Gasteiger partial charge in [-0.25, -0.2) is 4.39 Å². The second-order valence-corrected chi connectivity index (χ2v) is 6.69. The second kappa shape index (κ2) is 5.73. The van der Waals surface area contributed by atoms with E-state index in [1.165, 1.54) is 28.6 Å². The van der Waals surface area contributed by atoms with Crippen LogP contribution in [0.2, 0.25) is 0 Å². The molecule has 0 amide bonds. The first-order chi connectivity index (χ1) is 11.2. The smallest absolute Gasteiger partial charge is 0.239 e. The number of rotatable bonds is 5. The van der Waals surface area contributed by atoms with Gasteiger partial charge < -0.3 is 4.52 Å². The first-order valence-corrected chi connectivity index (χ1v) is 8.13. The normalized spacial score (nSPS) is 15.7. The Kier molecular flexibility index (Phi) is 3.56. The molecule has 1 fully saturated rings. The SMILES string of the molecule is C[C@@H](Sc1nnnn1-c1cccc(F)c1)c1nc(C2CC2)no1. The van der Waals surface area contributed by atoms with Gasteiger partial charge in [-0.1, -0.05) is 23.0 Å². The molecule has 2 aromatic heterocycles. The van der Waals surface area contributed by atoms with Crippen LogP contribution in [0.5, 0.6) is 0 Å². The molecule has 2 heterocycles. The molecule has 23 heavy (non-hydrogen) atoms. The fraction of sp³-hybridized carbons (Fsp3) is 0.357. The molecule has 0 aliphatic heterocycles. The topological polar surface area (TPSA) is 82.5 Å². The van der Waals surface area contributed by atoms with Crippen LogP contribution in [0.25, 0.3) is 5.69 Å². The maximum Gasteiger partial charge on any atom is 0.239 e. The zero-order chi connectivity index (χ0) is 15.8. The highest BCUT2D eigenvalue weighted by Crippen LogP contribution is 2.40. The highest BCUT2D eigenvalue weighted by Gasteiger charge is 2.30. The van der Waals surface area contributed by atoms with Crippen LogP contribution in [0.1, 0.15) is 42.6 Å². The van der Waals surface area contributed by atoms with Crippen molar-refractivity contribution in [3.05, 3.63) is 41.8 Å². The number of thioether (sulfide) groups is 1. The van der Waals surface area contributed by atoms with Crippen LogP contribution in [0.3, 0.4) is 0 Å². The van der Waals surface area contributed by atoms with Crippen molar-refractivity contribution >= 4 is 11.8 Å². The van der Waals surface area contributed by atoms with Gasteiger partial charge in [-0.15, -0.1) is 5.10 Å². The second-order valence-electron chi connectivity index (χ2n) is 5.38. The third-order valence-electron chi connectivity index (χ3n) is 3.52. The average Bonchev–Trinajstić information content (AvgIpc) is 3.09. The van der Waals surface area contributed by atoms with Gasteiger partial charge in [0.05, 0.1) is 10.9 Å². The van der Waals surface area contributed by atoms with E-state index in [0.717, 1.165) is 18.7 Å². The number of nitrogens with zero attached hydrogens (tertiary/aromatic N) is 6.